The van der Waals surface area contributed by atoms with E-state index < -0.39 is 0 Å². The van der Waals surface area contributed by atoms with Crippen LogP contribution < -0.4 is 0 Å². The molecule has 0 amide bonds. The van der Waals surface area contributed by atoms with E-state index >= 15 is 0 Å². The van der Waals surface area contributed by atoms with E-state index in [0.29, 0.717) is 6.54 Å². The number of nitrogens with zero attached hydrogens (tertiary/aromatic N) is 2. The van der Waals surface area contributed by atoms with Crippen LogP contribution in [0.1, 0.15) is 5.56 Å². The largest absolute Gasteiger partial charge is 0.508 e. The number of hydrogen-bond acceptors (Lipinski definition) is 3. The first kappa shape index (κ1) is 12.7. The summed E-state index contributed by atoms with van der Waals surface area (Å²) in [5, 5.41) is 19.2. The highest BCUT2D eigenvalue weighted by Crippen LogP contribution is 2.31. The minimum atomic E-state index is 0.0468. The number of aliphatic hydroxyl groups is 1. The second-order valence-electron chi connectivity index (χ2n) is 4.75. The van der Waals surface area contributed by atoms with Crippen molar-refractivity contribution in [3.63, 3.8) is 0 Å². The van der Waals surface area contributed by atoms with Crippen molar-refractivity contribution < 1.29 is 10.2 Å². The van der Waals surface area contributed by atoms with Crippen molar-refractivity contribution in [1.29, 1.82) is 0 Å². The monoisotopic (exact) mass is 268 g/mol. The summed E-state index contributed by atoms with van der Waals surface area (Å²) in [5.41, 5.74) is 3.55. The minimum Gasteiger partial charge on any atom is -0.508 e. The predicted molar refractivity (Wildman–Crippen MR) is 78.7 cm³/mol. The van der Waals surface area contributed by atoms with Crippen molar-refractivity contribution in [2.75, 3.05) is 6.61 Å². The standard InChI is InChI=1S/C16H16N2O2/c1-11-12(5-4-8-15(11)20)16-17-13-6-2-3-7-14(13)18(16)9-10-19/h2-8,19-20H,9-10H2,1H3. The van der Waals surface area contributed by atoms with Gasteiger partial charge in [-0.15, -0.1) is 0 Å². The van der Waals surface area contributed by atoms with E-state index in [1.165, 1.54) is 0 Å². The van der Waals surface area contributed by atoms with Gasteiger partial charge in [-0.25, -0.2) is 4.98 Å². The zero-order valence-electron chi connectivity index (χ0n) is 11.2. The van der Waals surface area contributed by atoms with Crippen LogP contribution in [0.25, 0.3) is 22.4 Å². The Balaban J connectivity index is 2.29. The molecule has 1 heterocycles. The maximum atomic E-state index is 9.87. The number of aromatic hydroxyl groups is 1. The number of rotatable bonds is 3. The second kappa shape index (κ2) is 4.98. The summed E-state index contributed by atoms with van der Waals surface area (Å²) in [7, 11) is 0. The van der Waals surface area contributed by atoms with Gasteiger partial charge in [0.05, 0.1) is 17.6 Å². The second-order valence-corrected chi connectivity index (χ2v) is 4.75. The molecular weight excluding hydrogens is 252 g/mol. The molecule has 0 bridgehead atoms. The number of para-hydroxylation sites is 2. The van der Waals surface area contributed by atoms with Crippen LogP contribution in [0, 0.1) is 6.92 Å². The maximum Gasteiger partial charge on any atom is 0.141 e. The summed E-state index contributed by atoms with van der Waals surface area (Å²) in [6.45, 7) is 2.39. The van der Waals surface area contributed by atoms with Crippen LogP contribution in [0.3, 0.4) is 0 Å². The first-order valence-corrected chi connectivity index (χ1v) is 6.57. The lowest BCUT2D eigenvalue weighted by molar-refractivity contribution is 0.278. The average molecular weight is 268 g/mol. The SMILES string of the molecule is Cc1c(O)cccc1-c1nc2ccccc2n1CCO. The van der Waals surface area contributed by atoms with Gasteiger partial charge in [-0.05, 0) is 25.1 Å². The van der Waals surface area contributed by atoms with Gasteiger partial charge in [0.2, 0.25) is 0 Å². The van der Waals surface area contributed by atoms with Crippen molar-refractivity contribution >= 4 is 11.0 Å². The van der Waals surface area contributed by atoms with E-state index in [9.17, 15) is 10.2 Å². The van der Waals surface area contributed by atoms with Crippen LogP contribution >= 0.6 is 0 Å². The molecule has 0 saturated carbocycles. The van der Waals surface area contributed by atoms with Gasteiger partial charge in [0.1, 0.15) is 11.6 Å². The van der Waals surface area contributed by atoms with Gasteiger partial charge in [0, 0.05) is 17.7 Å². The topological polar surface area (TPSA) is 58.3 Å². The highest BCUT2D eigenvalue weighted by Gasteiger charge is 2.14. The average Bonchev–Trinajstić information content (AvgIpc) is 2.81. The molecule has 1 aromatic heterocycles. The number of phenols is 1. The summed E-state index contributed by atoms with van der Waals surface area (Å²) in [4.78, 5) is 4.64. The fourth-order valence-corrected chi connectivity index (χ4v) is 2.47. The van der Waals surface area contributed by atoms with Crippen molar-refractivity contribution in [2.45, 2.75) is 13.5 Å². The molecule has 0 aliphatic rings. The fraction of sp³-hybridized carbons (Fsp3) is 0.188. The van der Waals surface area contributed by atoms with Gasteiger partial charge in [-0.2, -0.15) is 0 Å². The van der Waals surface area contributed by atoms with Crippen LogP contribution in [0.15, 0.2) is 42.5 Å². The van der Waals surface area contributed by atoms with E-state index in [2.05, 4.69) is 4.98 Å². The quantitative estimate of drug-likeness (QED) is 0.768. The summed E-state index contributed by atoms with van der Waals surface area (Å²) in [6.07, 6.45) is 0. The van der Waals surface area contributed by atoms with Crippen LogP contribution in [0.4, 0.5) is 0 Å². The Morgan fingerprint density at radius 3 is 2.70 bits per heavy atom. The summed E-state index contributed by atoms with van der Waals surface area (Å²) in [6, 6.07) is 13.2. The highest BCUT2D eigenvalue weighted by molar-refractivity contribution is 5.81. The molecule has 102 valence electrons. The highest BCUT2D eigenvalue weighted by atomic mass is 16.3. The molecule has 2 aromatic carbocycles. The molecule has 0 unspecified atom stereocenters. The first-order chi connectivity index (χ1) is 9.72. The smallest absolute Gasteiger partial charge is 0.141 e. The van der Waals surface area contributed by atoms with Crippen molar-refractivity contribution in [1.82, 2.24) is 9.55 Å². The third-order valence-corrected chi connectivity index (χ3v) is 3.52. The van der Waals surface area contributed by atoms with Gasteiger partial charge >= 0.3 is 0 Å². The number of hydrogen-bond donors (Lipinski definition) is 2. The molecule has 0 fully saturated rings. The molecule has 0 saturated heterocycles. The molecule has 0 aliphatic carbocycles. The van der Waals surface area contributed by atoms with E-state index in [1.54, 1.807) is 12.1 Å². The summed E-state index contributed by atoms with van der Waals surface area (Å²) in [5.74, 6) is 1.03. The molecule has 0 aliphatic heterocycles. The van der Waals surface area contributed by atoms with Gasteiger partial charge in [-0.1, -0.05) is 24.3 Å². The van der Waals surface area contributed by atoms with Crippen molar-refractivity contribution in [2.24, 2.45) is 0 Å². The lowest BCUT2D eigenvalue weighted by Crippen LogP contribution is -2.04. The normalized spacial score (nSPS) is 11.1. The Labute approximate surface area is 116 Å². The van der Waals surface area contributed by atoms with Gasteiger partial charge in [0.15, 0.2) is 0 Å². The van der Waals surface area contributed by atoms with Gasteiger partial charge in [0.25, 0.3) is 0 Å². The van der Waals surface area contributed by atoms with E-state index in [0.717, 1.165) is 28.0 Å². The number of imidazole rings is 1. The molecule has 20 heavy (non-hydrogen) atoms. The van der Waals surface area contributed by atoms with Gasteiger partial charge in [-0.3, -0.25) is 0 Å². The molecule has 0 spiro atoms. The molecule has 0 radical (unpaired) electrons. The maximum absolute atomic E-state index is 9.87. The predicted octanol–water partition coefficient (Wildman–Crippen LogP) is 2.71. The number of fused-ring (bicyclic) bond motifs is 1. The van der Waals surface area contributed by atoms with E-state index in [1.807, 2.05) is 41.8 Å². The molecule has 0 atom stereocenters. The molecule has 3 aromatic rings. The lowest BCUT2D eigenvalue weighted by atomic mass is 10.1. The van der Waals surface area contributed by atoms with E-state index in [-0.39, 0.29) is 12.4 Å². The molecule has 2 N–H and O–H groups in total. The molecular formula is C16H16N2O2. The zero-order valence-corrected chi connectivity index (χ0v) is 11.2. The lowest BCUT2D eigenvalue weighted by Gasteiger charge is -2.10. The number of phenolic OH excluding ortho intramolecular Hbond substituents is 1. The van der Waals surface area contributed by atoms with Crippen molar-refractivity contribution in [3.05, 3.63) is 48.0 Å². The van der Waals surface area contributed by atoms with Crippen LogP contribution in [-0.4, -0.2) is 26.4 Å². The first-order valence-electron chi connectivity index (χ1n) is 6.57. The Kier molecular flexibility index (Phi) is 3.16. The number of aromatic nitrogens is 2. The Hall–Kier alpha value is -2.33. The minimum absolute atomic E-state index is 0.0468. The van der Waals surface area contributed by atoms with Gasteiger partial charge < -0.3 is 14.8 Å². The van der Waals surface area contributed by atoms with Crippen molar-refractivity contribution in [3.8, 4) is 17.1 Å². The number of aliphatic hydroxyl groups excluding tert-OH is 1. The zero-order chi connectivity index (χ0) is 14.1. The molecule has 4 nitrogen and oxygen atoms in total. The Morgan fingerprint density at radius 1 is 1.10 bits per heavy atom. The van der Waals surface area contributed by atoms with E-state index in [4.69, 9.17) is 0 Å². The van der Waals surface area contributed by atoms with Crippen LogP contribution in [0.5, 0.6) is 5.75 Å². The Bertz CT molecular complexity index is 762. The molecule has 3 rings (SSSR count). The van der Waals surface area contributed by atoms with Crippen LogP contribution in [0.2, 0.25) is 0 Å². The number of benzene rings is 2. The summed E-state index contributed by atoms with van der Waals surface area (Å²) >= 11 is 0. The molecule has 4 heteroatoms. The fourth-order valence-electron chi connectivity index (χ4n) is 2.47. The third kappa shape index (κ3) is 1.94. The summed E-state index contributed by atoms with van der Waals surface area (Å²) < 4.78 is 1.98. The Morgan fingerprint density at radius 2 is 1.90 bits per heavy atom. The third-order valence-electron chi connectivity index (χ3n) is 3.52. The van der Waals surface area contributed by atoms with Crippen LogP contribution in [-0.2, 0) is 6.54 Å².